The van der Waals surface area contributed by atoms with Gasteiger partial charge in [0.2, 0.25) is 0 Å². The first-order valence-corrected chi connectivity index (χ1v) is 6.73. The number of hydrogen-bond donors (Lipinski definition) is 0. The van der Waals surface area contributed by atoms with Crippen molar-refractivity contribution in [3.63, 3.8) is 0 Å². The van der Waals surface area contributed by atoms with Gasteiger partial charge in [0.25, 0.3) is 0 Å². The third-order valence-electron chi connectivity index (χ3n) is 2.75. The Morgan fingerprint density at radius 2 is 1.84 bits per heavy atom. The topological polar surface area (TPSA) is 38.8 Å². The van der Waals surface area contributed by atoms with Crippen LogP contribution in [0.3, 0.4) is 0 Å². The van der Waals surface area contributed by atoms with Crippen molar-refractivity contribution >= 4 is 11.8 Å². The molecule has 0 aliphatic heterocycles. The van der Waals surface area contributed by atoms with E-state index < -0.39 is 6.09 Å². The van der Waals surface area contributed by atoms with Crippen LogP contribution >= 0.6 is 0 Å². The molecule has 1 aromatic carbocycles. The molecule has 4 nitrogen and oxygen atoms in total. The molecule has 1 aromatic rings. The van der Waals surface area contributed by atoms with Gasteiger partial charge in [0, 0.05) is 0 Å². The zero-order valence-corrected chi connectivity index (χ0v) is 11.5. The first-order chi connectivity index (χ1) is 9.29. The monoisotopic (exact) mass is 264 g/mol. The van der Waals surface area contributed by atoms with Gasteiger partial charge in [-0.1, -0.05) is 50.8 Å². The van der Waals surface area contributed by atoms with Gasteiger partial charge >= 0.3 is 6.09 Å². The lowest BCUT2D eigenvalue weighted by Gasteiger charge is -2.20. The lowest BCUT2D eigenvalue weighted by atomic mass is 10.2. The highest BCUT2D eigenvalue weighted by Crippen LogP contribution is 2.15. The summed E-state index contributed by atoms with van der Waals surface area (Å²) in [6.45, 7) is 2.67. The van der Waals surface area contributed by atoms with Gasteiger partial charge in [-0.2, -0.15) is 5.06 Å². The zero-order valence-electron chi connectivity index (χ0n) is 11.5. The highest BCUT2D eigenvalue weighted by atomic mass is 16.7. The predicted octanol–water partition coefficient (Wildman–Crippen LogP) is 4.32. The van der Waals surface area contributed by atoms with Crippen LogP contribution in [0.2, 0.25) is 0 Å². The maximum absolute atomic E-state index is 11.6. The Morgan fingerprint density at radius 3 is 2.47 bits per heavy atom. The molecule has 1 amide bonds. The van der Waals surface area contributed by atoms with Gasteiger partial charge in [-0.05, 0) is 18.6 Å². The molecule has 0 atom stereocenters. The van der Waals surface area contributed by atoms with Crippen molar-refractivity contribution in [2.24, 2.45) is 0 Å². The molecule has 0 aromatic heterocycles. The summed E-state index contributed by atoms with van der Waals surface area (Å²) in [6.07, 6.45) is 5.07. The third kappa shape index (κ3) is 5.75. The Kier molecular flexibility index (Phi) is 7.66. The lowest BCUT2D eigenvalue weighted by Crippen LogP contribution is -2.30. The van der Waals surface area contributed by atoms with E-state index >= 15 is 0 Å². The average molecular weight is 264 g/mol. The van der Waals surface area contributed by atoms with Gasteiger partial charge in [0.05, 0.1) is 12.3 Å². The fourth-order valence-corrected chi connectivity index (χ4v) is 1.72. The molecule has 1 rings (SSSR count). The Morgan fingerprint density at radius 1 is 1.16 bits per heavy atom. The standard InChI is InChI=1S/C15H22NO3/c1-3-4-5-6-10-13-19-16(15(17)18-2)14-11-8-7-9-12-14/h7-9,11-12H,2-6,10,13H2,1H3. The summed E-state index contributed by atoms with van der Waals surface area (Å²) in [6, 6.07) is 9.12. The second kappa shape index (κ2) is 9.39. The number of amides is 1. The maximum atomic E-state index is 11.6. The molecule has 0 aliphatic carbocycles. The molecule has 0 saturated carbocycles. The molecular weight excluding hydrogens is 242 g/mol. The predicted molar refractivity (Wildman–Crippen MR) is 75.5 cm³/mol. The van der Waals surface area contributed by atoms with Crippen molar-refractivity contribution < 1.29 is 14.4 Å². The number of nitrogens with zero attached hydrogens (tertiary/aromatic N) is 1. The highest BCUT2D eigenvalue weighted by Gasteiger charge is 2.16. The smallest absolute Gasteiger partial charge is 0.438 e. The minimum Gasteiger partial charge on any atom is -0.444 e. The quantitative estimate of drug-likeness (QED) is 0.518. The zero-order chi connectivity index (χ0) is 13.9. The van der Waals surface area contributed by atoms with E-state index in [0.29, 0.717) is 12.3 Å². The first kappa shape index (κ1) is 15.5. The minimum atomic E-state index is -0.611. The largest absolute Gasteiger partial charge is 0.444 e. The summed E-state index contributed by atoms with van der Waals surface area (Å²) in [7, 11) is 3.13. The van der Waals surface area contributed by atoms with E-state index in [0.717, 1.165) is 17.9 Å². The van der Waals surface area contributed by atoms with Crippen LogP contribution in [-0.4, -0.2) is 12.7 Å². The summed E-state index contributed by atoms with van der Waals surface area (Å²) in [5, 5.41) is 1.15. The number of ether oxygens (including phenoxy) is 1. The van der Waals surface area contributed by atoms with Crippen molar-refractivity contribution in [1.82, 2.24) is 0 Å². The number of anilines is 1. The molecule has 1 radical (unpaired) electrons. The molecule has 4 heteroatoms. The van der Waals surface area contributed by atoms with Gasteiger partial charge in [-0.3, -0.25) is 4.84 Å². The van der Waals surface area contributed by atoms with Crippen LogP contribution in [0.5, 0.6) is 0 Å². The van der Waals surface area contributed by atoms with Crippen LogP contribution in [0.1, 0.15) is 39.0 Å². The summed E-state index contributed by atoms with van der Waals surface area (Å²) in [5.74, 6) is 0. The van der Waals surface area contributed by atoms with Crippen LogP contribution < -0.4 is 5.06 Å². The number of benzene rings is 1. The fraction of sp³-hybridized carbons (Fsp3) is 0.467. The molecule has 0 saturated heterocycles. The second-order valence-corrected chi connectivity index (χ2v) is 4.29. The van der Waals surface area contributed by atoms with Crippen molar-refractivity contribution in [2.75, 3.05) is 11.7 Å². The van der Waals surface area contributed by atoms with E-state index in [4.69, 9.17) is 4.84 Å². The number of carbonyl (C=O) groups is 1. The molecule has 0 spiro atoms. The fourth-order valence-electron chi connectivity index (χ4n) is 1.72. The van der Waals surface area contributed by atoms with Gasteiger partial charge < -0.3 is 4.74 Å². The van der Waals surface area contributed by atoms with Crippen LogP contribution in [0, 0.1) is 7.11 Å². The van der Waals surface area contributed by atoms with Crippen molar-refractivity contribution in [3.05, 3.63) is 37.4 Å². The normalized spacial score (nSPS) is 10.2. The number of unbranched alkanes of at least 4 members (excludes halogenated alkanes) is 4. The maximum Gasteiger partial charge on any atom is 0.438 e. The molecule has 0 aliphatic rings. The SMILES string of the molecule is [CH2]OC(=O)N(OCCCCCCC)c1ccccc1. The summed E-state index contributed by atoms with van der Waals surface area (Å²) in [4.78, 5) is 17.1. The Bertz CT molecular complexity index is 354. The minimum absolute atomic E-state index is 0.494. The number of para-hydroxylation sites is 1. The summed E-state index contributed by atoms with van der Waals surface area (Å²) in [5.41, 5.74) is 0.643. The van der Waals surface area contributed by atoms with E-state index in [-0.39, 0.29) is 0 Å². The summed E-state index contributed by atoms with van der Waals surface area (Å²) < 4.78 is 4.47. The second-order valence-electron chi connectivity index (χ2n) is 4.29. The van der Waals surface area contributed by atoms with Crippen molar-refractivity contribution in [3.8, 4) is 0 Å². The average Bonchev–Trinajstić information content (AvgIpc) is 2.47. The Balaban J connectivity index is 2.41. The van der Waals surface area contributed by atoms with E-state index in [1.165, 1.54) is 19.3 Å². The Hall–Kier alpha value is -1.55. The van der Waals surface area contributed by atoms with Crippen molar-refractivity contribution in [2.45, 2.75) is 39.0 Å². The molecule has 0 heterocycles. The Labute approximate surface area is 115 Å². The molecular formula is C15H22NO3. The van der Waals surface area contributed by atoms with Crippen molar-refractivity contribution in [1.29, 1.82) is 0 Å². The molecule has 0 fully saturated rings. The lowest BCUT2D eigenvalue weighted by molar-refractivity contribution is 0.0882. The van der Waals surface area contributed by atoms with Gasteiger partial charge in [0.15, 0.2) is 0 Å². The van der Waals surface area contributed by atoms with Crippen LogP contribution in [-0.2, 0) is 9.57 Å². The molecule has 105 valence electrons. The highest BCUT2D eigenvalue weighted by molar-refractivity contribution is 5.85. The molecule has 0 N–H and O–H groups in total. The molecule has 19 heavy (non-hydrogen) atoms. The van der Waals surface area contributed by atoms with Gasteiger partial charge in [-0.15, -0.1) is 0 Å². The number of carbonyl (C=O) groups excluding carboxylic acids is 1. The van der Waals surface area contributed by atoms with Gasteiger partial charge in [-0.25, -0.2) is 4.79 Å². The van der Waals surface area contributed by atoms with Gasteiger partial charge in [0.1, 0.15) is 7.11 Å². The van der Waals surface area contributed by atoms with Crippen LogP contribution in [0.4, 0.5) is 10.5 Å². The molecule has 0 bridgehead atoms. The van der Waals surface area contributed by atoms with E-state index in [9.17, 15) is 4.79 Å². The number of rotatable bonds is 8. The van der Waals surface area contributed by atoms with E-state index in [2.05, 4.69) is 18.8 Å². The number of hydrogen-bond acceptors (Lipinski definition) is 3. The molecule has 0 unspecified atom stereocenters. The van der Waals surface area contributed by atoms with Crippen LogP contribution in [0.25, 0.3) is 0 Å². The third-order valence-corrected chi connectivity index (χ3v) is 2.75. The first-order valence-electron chi connectivity index (χ1n) is 6.73. The van der Waals surface area contributed by atoms with E-state index in [1.54, 1.807) is 12.1 Å². The van der Waals surface area contributed by atoms with E-state index in [1.807, 2.05) is 18.2 Å². The summed E-state index contributed by atoms with van der Waals surface area (Å²) >= 11 is 0. The number of hydroxylamine groups is 1. The van der Waals surface area contributed by atoms with Crippen LogP contribution in [0.15, 0.2) is 30.3 Å².